The highest BCUT2D eigenvalue weighted by atomic mass is 32.2. The summed E-state index contributed by atoms with van der Waals surface area (Å²) in [4.78, 5) is 159. The molecule has 0 aromatic heterocycles. The van der Waals surface area contributed by atoms with Crippen LogP contribution in [0.3, 0.4) is 0 Å². The van der Waals surface area contributed by atoms with E-state index in [9.17, 15) is 62.6 Å². The Morgan fingerprint density at radius 1 is 0.641 bits per heavy atom. The largest absolute Gasteiger partial charge is 0.480 e. The van der Waals surface area contributed by atoms with Crippen LogP contribution in [0.25, 0.3) is 0 Å². The summed E-state index contributed by atoms with van der Waals surface area (Å²) in [6, 6.07) is -12.7. The third-order valence-electron chi connectivity index (χ3n) is 11.7. The number of carboxylic acid groups (broad SMARTS) is 1. The van der Waals surface area contributed by atoms with E-state index < -0.39 is 144 Å². The molecule has 1 aliphatic rings. The molecule has 78 heavy (non-hydrogen) atoms. The van der Waals surface area contributed by atoms with E-state index in [0.717, 1.165) is 0 Å². The third-order valence-corrected chi connectivity index (χ3v) is 13.8. The Bertz CT molecular complexity index is 2120. The lowest BCUT2D eigenvalue weighted by Crippen LogP contribution is -2.60. The van der Waals surface area contributed by atoms with Gasteiger partial charge in [-0.2, -0.15) is 62.3 Å². The molecule has 1 heterocycles. The third kappa shape index (κ3) is 25.2. The van der Waals surface area contributed by atoms with Crippen molar-refractivity contribution in [2.24, 2.45) is 29.0 Å². The fourth-order valence-corrected chi connectivity index (χ4v) is 8.90. The van der Waals surface area contributed by atoms with Crippen molar-refractivity contribution in [2.75, 3.05) is 54.7 Å². The molecule has 0 aromatic rings. The van der Waals surface area contributed by atoms with Crippen LogP contribution < -0.4 is 70.4 Å². The summed E-state index contributed by atoms with van der Waals surface area (Å²) in [7, 11) is 0. The minimum absolute atomic E-state index is 0.0437. The van der Waals surface area contributed by atoms with Crippen molar-refractivity contribution in [3.63, 3.8) is 0 Å². The predicted molar refractivity (Wildman–Crippen MR) is 304 cm³/mol. The minimum atomic E-state index is -1.70. The topological polar surface area (TPSA) is 451 Å². The number of rotatable bonds is 36. The maximum Gasteiger partial charge on any atom is 0.326 e. The molecule has 33 heteroatoms. The summed E-state index contributed by atoms with van der Waals surface area (Å²) in [5.41, 5.74) is 16.3. The van der Waals surface area contributed by atoms with Gasteiger partial charge in [0, 0.05) is 36.1 Å². The fourth-order valence-electron chi connectivity index (χ4n) is 7.49. The number of thiol groups is 4. The number of hydrogen-bond acceptors (Lipinski definition) is 19. The van der Waals surface area contributed by atoms with Gasteiger partial charge in [-0.25, -0.2) is 4.79 Å². The number of carbonyl (C=O) groups excluding carboxylic acids is 11. The van der Waals surface area contributed by atoms with E-state index in [1.807, 2.05) is 13.8 Å². The molecule has 1 rings (SSSR count). The van der Waals surface area contributed by atoms with Crippen LogP contribution in [-0.2, 0) is 57.5 Å². The lowest BCUT2D eigenvalue weighted by molar-refractivity contribution is -0.143. The van der Waals surface area contributed by atoms with Gasteiger partial charge in [0.1, 0.15) is 54.4 Å². The Balaban J connectivity index is 3.23. The van der Waals surface area contributed by atoms with E-state index in [-0.39, 0.29) is 86.0 Å². The number of amides is 11. The minimum Gasteiger partial charge on any atom is -0.480 e. The molecule has 442 valence electrons. The molecule has 10 atom stereocenters. The van der Waals surface area contributed by atoms with Crippen LogP contribution in [0.1, 0.15) is 72.6 Å². The van der Waals surface area contributed by atoms with Crippen molar-refractivity contribution in [3.8, 4) is 0 Å². The van der Waals surface area contributed by atoms with E-state index in [1.165, 1.54) is 16.7 Å². The molecule has 28 nitrogen and oxygen atoms in total. The number of primary amides is 1. The zero-order valence-electron chi connectivity index (χ0n) is 44.3. The molecular formula is C45H79N15O13S5. The molecule has 0 radical (unpaired) electrons. The Labute approximate surface area is 479 Å². The van der Waals surface area contributed by atoms with Gasteiger partial charge in [-0.05, 0) is 62.4 Å². The lowest BCUT2D eigenvalue weighted by atomic mass is 10.0. The van der Waals surface area contributed by atoms with Gasteiger partial charge < -0.3 is 80.4 Å². The van der Waals surface area contributed by atoms with E-state index in [1.54, 1.807) is 20.1 Å². The molecule has 0 saturated carbocycles. The van der Waals surface area contributed by atoms with E-state index >= 15 is 0 Å². The maximum atomic E-state index is 14.1. The molecule has 0 aromatic carbocycles. The molecule has 1 fully saturated rings. The number of carboxylic acids is 1. The molecule has 1 saturated heterocycles. The number of aliphatic carboxylic acids is 1. The van der Waals surface area contributed by atoms with Gasteiger partial charge in [0.25, 0.3) is 0 Å². The first-order valence-electron chi connectivity index (χ1n) is 24.9. The van der Waals surface area contributed by atoms with Gasteiger partial charge in [0.15, 0.2) is 5.96 Å². The predicted octanol–water partition coefficient (Wildman–Crippen LogP) is -5.30. The summed E-state index contributed by atoms with van der Waals surface area (Å²) in [5, 5.41) is 41.8. The summed E-state index contributed by atoms with van der Waals surface area (Å²) in [6.45, 7) is 6.70. The second kappa shape index (κ2) is 36.7. The molecule has 18 N–H and O–H groups in total. The SMILES string of the molecule is CSCC[C@H](NC(=O)[C@H](CC(C)C)NC(=O)[C@@H]1CCCN1C(=O)[C@@H](NC(=O)[C@@H](N)CS)C(C)C)C(=O)N[C@@H](CCCNC(=N)N)C(=O)N[C@@H](CS)C(=O)NCC(=O)N[C@@H](CS)C(=O)N[C@@H](CS)C(=O)N[C@@H](CC(N)=O)C(=O)O. The van der Waals surface area contributed by atoms with Crippen molar-refractivity contribution in [3.05, 3.63) is 0 Å². The molecule has 0 bridgehead atoms. The molecular weight excluding hydrogens is 1120 g/mol. The monoisotopic (exact) mass is 1200 g/mol. The quantitative estimate of drug-likeness (QED) is 0.0121. The van der Waals surface area contributed by atoms with E-state index in [2.05, 4.69) is 104 Å². The van der Waals surface area contributed by atoms with Gasteiger partial charge >= 0.3 is 5.97 Å². The van der Waals surface area contributed by atoms with Gasteiger partial charge in [-0.15, -0.1) is 0 Å². The highest BCUT2D eigenvalue weighted by Gasteiger charge is 2.41. The second-order valence-corrected chi connectivity index (χ2v) is 21.3. The number of hydrogen-bond donors (Lipinski definition) is 19. The van der Waals surface area contributed by atoms with Gasteiger partial charge in [0.05, 0.1) is 19.0 Å². The number of nitrogens with two attached hydrogens (primary N) is 3. The molecule has 0 unspecified atom stereocenters. The Morgan fingerprint density at radius 2 is 1.14 bits per heavy atom. The molecule has 1 aliphatic heterocycles. The number of guanidine groups is 1. The number of carbonyl (C=O) groups is 12. The highest BCUT2D eigenvalue weighted by Crippen LogP contribution is 2.21. The Morgan fingerprint density at radius 3 is 1.63 bits per heavy atom. The molecule has 0 aliphatic carbocycles. The summed E-state index contributed by atoms with van der Waals surface area (Å²) in [5.74, 6) is -11.8. The van der Waals surface area contributed by atoms with Crippen LogP contribution in [-0.4, -0.2) is 202 Å². The Kier molecular flexibility index (Phi) is 33.3. The van der Waals surface area contributed by atoms with Crippen LogP contribution in [0.15, 0.2) is 0 Å². The summed E-state index contributed by atoms with van der Waals surface area (Å²) < 4.78 is 0. The zero-order valence-corrected chi connectivity index (χ0v) is 48.7. The van der Waals surface area contributed by atoms with Gasteiger partial charge in [-0.1, -0.05) is 27.7 Å². The maximum absolute atomic E-state index is 14.1. The smallest absolute Gasteiger partial charge is 0.326 e. The number of nitrogens with one attached hydrogen (secondary N) is 11. The standard InChI is InChI=1S/C45H79N15O13S5/c1-21(2)14-26(55-42(70)31-9-7-12-60(31)43(71)34(22(3)4)59-35(63)23(46)17-74)39(67)54-25(10-13-78-5)38(66)53-24(8-6-11-50-45(48)49)37(65)57-28(18-75)36(64)51-16-33(62)52-29(19-76)40(68)58-30(20-77)41(69)56-27(44(72)73)15-32(47)61/h21-31,34,74-77H,6-20,46H2,1-5H3,(H2,47,61)(H,51,64)(H,52,62)(H,53,66)(H,54,67)(H,55,70)(H,56,69)(H,57,65)(H,58,68)(H,59,63)(H,72,73)(H4,48,49,50)/t23-,24-,25-,26-,27-,28-,29-,30-,31-,34-/m0/s1. The van der Waals surface area contributed by atoms with Crippen molar-refractivity contribution >= 4 is 139 Å². The average Bonchev–Trinajstić information content (AvgIpc) is 3.88. The van der Waals surface area contributed by atoms with Crippen molar-refractivity contribution < 1.29 is 62.6 Å². The van der Waals surface area contributed by atoms with E-state index in [0.29, 0.717) is 12.2 Å². The van der Waals surface area contributed by atoms with Crippen LogP contribution in [0.5, 0.6) is 0 Å². The normalized spacial score (nSPS) is 16.5. The molecule has 11 amide bonds. The van der Waals surface area contributed by atoms with Crippen LogP contribution in [0.4, 0.5) is 0 Å². The summed E-state index contributed by atoms with van der Waals surface area (Å²) in [6.07, 6.45) is 2.08. The second-order valence-electron chi connectivity index (χ2n) is 18.9. The van der Waals surface area contributed by atoms with Crippen molar-refractivity contribution in [1.82, 2.24) is 58.1 Å². The first-order chi connectivity index (χ1) is 36.6. The average molecular weight is 1200 g/mol. The van der Waals surface area contributed by atoms with Crippen molar-refractivity contribution in [1.29, 1.82) is 5.41 Å². The molecule has 0 spiro atoms. The number of thioether (sulfide) groups is 1. The van der Waals surface area contributed by atoms with Crippen LogP contribution in [0.2, 0.25) is 0 Å². The van der Waals surface area contributed by atoms with Crippen LogP contribution in [0, 0.1) is 17.2 Å². The van der Waals surface area contributed by atoms with E-state index in [4.69, 9.17) is 22.6 Å². The van der Waals surface area contributed by atoms with Crippen LogP contribution >= 0.6 is 62.3 Å². The zero-order chi connectivity index (χ0) is 59.4. The highest BCUT2D eigenvalue weighted by molar-refractivity contribution is 7.98. The first kappa shape index (κ1) is 70.6. The summed E-state index contributed by atoms with van der Waals surface area (Å²) >= 11 is 17.7. The fraction of sp³-hybridized carbons (Fsp3) is 0.711. The Hall–Kier alpha value is -5.38. The van der Waals surface area contributed by atoms with Gasteiger partial charge in [0.2, 0.25) is 65.0 Å². The lowest BCUT2D eigenvalue weighted by Gasteiger charge is -2.32. The first-order valence-corrected chi connectivity index (χ1v) is 28.9. The van der Waals surface area contributed by atoms with Gasteiger partial charge in [-0.3, -0.25) is 58.1 Å². The van der Waals surface area contributed by atoms with Crippen molar-refractivity contribution in [2.45, 2.75) is 133 Å². The number of nitrogens with zero attached hydrogens (tertiary/aromatic N) is 1. The number of likely N-dealkylation sites (tertiary alicyclic amines) is 1.